The van der Waals surface area contributed by atoms with E-state index in [0.717, 1.165) is 38.7 Å². The maximum Gasteiger partial charge on any atom is 0.114 e. The zero-order chi connectivity index (χ0) is 14.7. The smallest absolute Gasteiger partial charge is 0.114 e. The van der Waals surface area contributed by atoms with Crippen LogP contribution in [0.4, 0.5) is 0 Å². The molecule has 2 fully saturated rings. The first-order valence-corrected chi connectivity index (χ1v) is 8.22. The van der Waals surface area contributed by atoms with Crippen LogP contribution in [-0.2, 0) is 9.47 Å². The third-order valence-corrected chi connectivity index (χ3v) is 4.58. The molecule has 1 N–H and O–H groups in total. The Morgan fingerprint density at radius 2 is 2.10 bits per heavy atom. The van der Waals surface area contributed by atoms with Gasteiger partial charge >= 0.3 is 0 Å². The minimum Gasteiger partial charge on any atom is -0.381 e. The van der Waals surface area contributed by atoms with Crippen molar-refractivity contribution in [3.63, 3.8) is 0 Å². The molecule has 3 heterocycles. The predicted molar refractivity (Wildman–Crippen MR) is 81.3 cm³/mol. The van der Waals surface area contributed by atoms with E-state index in [2.05, 4.69) is 35.0 Å². The normalized spacial score (nSPS) is 27.6. The maximum atomic E-state index is 5.99. The number of ether oxygens (including phenoxy) is 2. The third-order valence-electron chi connectivity index (χ3n) is 4.58. The van der Waals surface area contributed by atoms with Crippen molar-refractivity contribution in [3.05, 3.63) is 18.0 Å². The number of hydrogen-bond donors (Lipinski definition) is 1. The highest BCUT2D eigenvalue weighted by Crippen LogP contribution is 2.30. The van der Waals surface area contributed by atoms with Gasteiger partial charge in [-0.3, -0.25) is 4.68 Å². The summed E-state index contributed by atoms with van der Waals surface area (Å²) in [5.74, 6) is 0.745. The van der Waals surface area contributed by atoms with Crippen molar-refractivity contribution < 1.29 is 9.47 Å². The molecule has 0 radical (unpaired) electrons. The highest BCUT2D eigenvalue weighted by Gasteiger charge is 2.32. The van der Waals surface area contributed by atoms with Crippen LogP contribution in [0, 0.1) is 5.92 Å². The van der Waals surface area contributed by atoms with Crippen LogP contribution < -0.4 is 5.32 Å². The van der Waals surface area contributed by atoms with Crippen LogP contribution in [0.15, 0.2) is 12.3 Å². The molecule has 2 atom stereocenters. The van der Waals surface area contributed by atoms with Gasteiger partial charge in [-0.15, -0.1) is 0 Å². The second-order valence-electron chi connectivity index (χ2n) is 6.44. The van der Waals surface area contributed by atoms with Gasteiger partial charge in [-0.1, -0.05) is 0 Å². The average Bonchev–Trinajstić information content (AvgIpc) is 3.14. The first-order valence-electron chi connectivity index (χ1n) is 8.22. The standard InChI is InChI=1S/C16H27N3O2/c1-12(2)19-15(3-7-18-19)16-14(6-10-21-16)17-11-13-4-8-20-9-5-13/h3,7,12-14,16-17H,4-6,8-11H2,1-2H3/t14-,16-/m0/s1. The fourth-order valence-electron chi connectivity index (χ4n) is 3.34. The third kappa shape index (κ3) is 3.47. The fourth-order valence-corrected chi connectivity index (χ4v) is 3.34. The van der Waals surface area contributed by atoms with Crippen LogP contribution in [0.5, 0.6) is 0 Å². The van der Waals surface area contributed by atoms with Gasteiger partial charge in [-0.2, -0.15) is 5.10 Å². The molecule has 5 heteroatoms. The fraction of sp³-hybridized carbons (Fsp3) is 0.812. The summed E-state index contributed by atoms with van der Waals surface area (Å²) in [5.41, 5.74) is 1.20. The van der Waals surface area contributed by atoms with Gasteiger partial charge in [0, 0.05) is 38.1 Å². The second-order valence-corrected chi connectivity index (χ2v) is 6.44. The van der Waals surface area contributed by atoms with Crippen LogP contribution in [0.3, 0.4) is 0 Å². The van der Waals surface area contributed by atoms with E-state index in [0.29, 0.717) is 12.1 Å². The molecule has 0 aromatic carbocycles. The lowest BCUT2D eigenvalue weighted by molar-refractivity contribution is 0.0611. The Kier molecular flexibility index (Phi) is 4.93. The van der Waals surface area contributed by atoms with E-state index in [-0.39, 0.29) is 6.10 Å². The van der Waals surface area contributed by atoms with Crippen LogP contribution in [0.2, 0.25) is 0 Å². The molecule has 2 aliphatic rings. The van der Waals surface area contributed by atoms with Crippen LogP contribution in [0.25, 0.3) is 0 Å². The summed E-state index contributed by atoms with van der Waals surface area (Å²) in [5, 5.41) is 8.17. The number of aromatic nitrogens is 2. The van der Waals surface area contributed by atoms with Crippen LogP contribution in [-0.4, -0.2) is 42.2 Å². The van der Waals surface area contributed by atoms with Gasteiger partial charge < -0.3 is 14.8 Å². The Balaban J connectivity index is 1.60. The van der Waals surface area contributed by atoms with Crippen molar-refractivity contribution in [2.24, 2.45) is 5.92 Å². The molecular weight excluding hydrogens is 266 g/mol. The van der Waals surface area contributed by atoms with Gasteiger partial charge in [-0.05, 0) is 51.6 Å². The summed E-state index contributed by atoms with van der Waals surface area (Å²) in [6.45, 7) is 8.06. The lowest BCUT2D eigenvalue weighted by Crippen LogP contribution is -2.37. The second kappa shape index (κ2) is 6.90. The first-order chi connectivity index (χ1) is 10.3. The van der Waals surface area contributed by atoms with Gasteiger partial charge in [0.05, 0.1) is 5.69 Å². The molecular formula is C16H27N3O2. The number of rotatable bonds is 5. The molecule has 118 valence electrons. The van der Waals surface area contributed by atoms with Crippen molar-refractivity contribution >= 4 is 0 Å². The number of nitrogens with zero attached hydrogens (tertiary/aromatic N) is 2. The lowest BCUT2D eigenvalue weighted by Gasteiger charge is -2.26. The van der Waals surface area contributed by atoms with Crippen molar-refractivity contribution in [3.8, 4) is 0 Å². The SMILES string of the molecule is CC(C)n1nccc1[C@H]1OCC[C@@H]1NCC1CCOCC1. The Labute approximate surface area is 127 Å². The summed E-state index contributed by atoms with van der Waals surface area (Å²) in [4.78, 5) is 0. The van der Waals surface area contributed by atoms with Gasteiger partial charge in [0.1, 0.15) is 6.10 Å². The minimum atomic E-state index is 0.134. The summed E-state index contributed by atoms with van der Waals surface area (Å²) >= 11 is 0. The Bertz CT molecular complexity index is 440. The van der Waals surface area contributed by atoms with E-state index in [9.17, 15) is 0 Å². The van der Waals surface area contributed by atoms with E-state index in [4.69, 9.17) is 9.47 Å². The largest absolute Gasteiger partial charge is 0.381 e. The van der Waals surface area contributed by atoms with E-state index >= 15 is 0 Å². The van der Waals surface area contributed by atoms with Gasteiger partial charge in [0.25, 0.3) is 0 Å². The molecule has 0 amide bonds. The quantitative estimate of drug-likeness (QED) is 0.905. The van der Waals surface area contributed by atoms with Crippen molar-refractivity contribution in [2.45, 2.75) is 51.3 Å². The highest BCUT2D eigenvalue weighted by molar-refractivity contribution is 5.10. The van der Waals surface area contributed by atoms with Crippen LogP contribution >= 0.6 is 0 Å². The molecule has 0 saturated carbocycles. The molecule has 21 heavy (non-hydrogen) atoms. The van der Waals surface area contributed by atoms with E-state index in [1.165, 1.54) is 18.5 Å². The van der Waals surface area contributed by atoms with Gasteiger partial charge in [0.2, 0.25) is 0 Å². The molecule has 5 nitrogen and oxygen atoms in total. The van der Waals surface area contributed by atoms with E-state index in [1.807, 2.05) is 6.20 Å². The number of nitrogens with one attached hydrogen (secondary N) is 1. The van der Waals surface area contributed by atoms with E-state index < -0.39 is 0 Å². The van der Waals surface area contributed by atoms with Crippen molar-refractivity contribution in [1.29, 1.82) is 0 Å². The average molecular weight is 293 g/mol. The van der Waals surface area contributed by atoms with Crippen molar-refractivity contribution in [2.75, 3.05) is 26.4 Å². The molecule has 3 rings (SSSR count). The predicted octanol–water partition coefficient (Wildman–Crippen LogP) is 2.31. The van der Waals surface area contributed by atoms with Crippen LogP contribution in [0.1, 0.15) is 50.9 Å². The molecule has 0 unspecified atom stereocenters. The summed E-state index contributed by atoms with van der Waals surface area (Å²) in [6, 6.07) is 2.87. The Morgan fingerprint density at radius 3 is 2.86 bits per heavy atom. The monoisotopic (exact) mass is 293 g/mol. The zero-order valence-electron chi connectivity index (χ0n) is 13.1. The first kappa shape index (κ1) is 15.0. The Hall–Kier alpha value is -0.910. The summed E-state index contributed by atoms with van der Waals surface area (Å²) < 4.78 is 13.5. The molecule has 0 bridgehead atoms. The molecule has 0 spiro atoms. The summed E-state index contributed by atoms with van der Waals surface area (Å²) in [6.07, 6.45) is 5.45. The molecule has 1 aromatic heterocycles. The van der Waals surface area contributed by atoms with Crippen molar-refractivity contribution in [1.82, 2.24) is 15.1 Å². The summed E-state index contributed by atoms with van der Waals surface area (Å²) in [7, 11) is 0. The Morgan fingerprint density at radius 1 is 1.29 bits per heavy atom. The number of hydrogen-bond acceptors (Lipinski definition) is 4. The molecule has 2 aliphatic heterocycles. The molecule has 1 aromatic rings. The van der Waals surface area contributed by atoms with Gasteiger partial charge in [-0.25, -0.2) is 0 Å². The zero-order valence-corrected chi connectivity index (χ0v) is 13.1. The topological polar surface area (TPSA) is 48.3 Å². The molecule has 0 aliphatic carbocycles. The maximum absolute atomic E-state index is 5.99. The van der Waals surface area contributed by atoms with Gasteiger partial charge in [0.15, 0.2) is 0 Å². The minimum absolute atomic E-state index is 0.134. The highest BCUT2D eigenvalue weighted by atomic mass is 16.5. The lowest BCUT2D eigenvalue weighted by atomic mass is 9.99. The van der Waals surface area contributed by atoms with E-state index in [1.54, 1.807) is 0 Å². The molecule has 2 saturated heterocycles.